The molecule has 0 aliphatic heterocycles. The number of esters is 1. The van der Waals surface area contributed by atoms with Crippen molar-refractivity contribution in [2.45, 2.75) is 27.5 Å². The van der Waals surface area contributed by atoms with Crippen LogP contribution in [-0.4, -0.2) is 21.0 Å². The Labute approximate surface area is 103 Å². The first-order valence-electron chi connectivity index (χ1n) is 5.51. The highest BCUT2D eigenvalue weighted by molar-refractivity contribution is 5.75. The van der Waals surface area contributed by atoms with E-state index in [9.17, 15) is 9.59 Å². The minimum atomic E-state index is -0.553. The molecule has 7 nitrogen and oxygen atoms in total. The first-order chi connectivity index (χ1) is 8.38. The van der Waals surface area contributed by atoms with E-state index in [2.05, 4.69) is 15.1 Å². The Morgan fingerprint density at radius 2 is 2.22 bits per heavy atom. The Hall–Kier alpha value is -2.18. The molecule has 0 saturated heterocycles. The summed E-state index contributed by atoms with van der Waals surface area (Å²) in [5.74, 6) is -0.310. The number of carbonyl (C=O) groups excluding carboxylic acids is 1. The Kier molecular flexibility index (Phi) is 2.90. The van der Waals surface area contributed by atoms with Crippen LogP contribution < -0.4 is 10.2 Å². The Morgan fingerprint density at radius 1 is 1.50 bits per heavy atom. The summed E-state index contributed by atoms with van der Waals surface area (Å²) in [5.41, 5.74) is -0.342. The van der Waals surface area contributed by atoms with Gasteiger partial charge in [-0.15, -0.1) is 5.10 Å². The van der Waals surface area contributed by atoms with E-state index in [1.807, 2.05) is 0 Å². The van der Waals surface area contributed by atoms with Crippen LogP contribution in [-0.2, 0) is 16.3 Å². The zero-order valence-electron chi connectivity index (χ0n) is 10.5. The molecule has 18 heavy (non-hydrogen) atoms. The predicted octanol–water partition coefficient (Wildman–Crippen LogP) is 0.0855. The van der Waals surface area contributed by atoms with Gasteiger partial charge in [-0.3, -0.25) is 9.59 Å². The van der Waals surface area contributed by atoms with Gasteiger partial charge in [0.05, 0.1) is 11.7 Å². The van der Waals surface area contributed by atoms with Gasteiger partial charge < -0.3 is 9.72 Å². The standard InChI is InChI=1S/C11H14N4O3/c1-11(2,3)10(17)18-6-15-4-7-8(14-15)12-5-13-9(7)16/h4-5H,6H2,1-3H3,(H,12,13,14,16)/p+1. The van der Waals surface area contributed by atoms with Crippen LogP contribution in [0.1, 0.15) is 20.8 Å². The van der Waals surface area contributed by atoms with Crippen LogP contribution in [0.5, 0.6) is 0 Å². The van der Waals surface area contributed by atoms with E-state index in [1.165, 1.54) is 11.0 Å². The second-order valence-corrected chi connectivity index (χ2v) is 5.02. The maximum Gasteiger partial charge on any atom is 0.317 e. The molecule has 0 fully saturated rings. The maximum atomic E-state index is 11.6. The largest absolute Gasteiger partial charge is 0.402 e. The van der Waals surface area contributed by atoms with Crippen molar-refractivity contribution in [2.75, 3.05) is 0 Å². The molecule has 0 saturated carbocycles. The monoisotopic (exact) mass is 251 g/mol. The van der Waals surface area contributed by atoms with E-state index in [0.29, 0.717) is 11.0 Å². The summed E-state index contributed by atoms with van der Waals surface area (Å²) >= 11 is 0. The van der Waals surface area contributed by atoms with E-state index in [0.717, 1.165) is 0 Å². The van der Waals surface area contributed by atoms with Gasteiger partial charge in [-0.2, -0.15) is 0 Å². The van der Waals surface area contributed by atoms with Gasteiger partial charge in [0.15, 0.2) is 5.39 Å². The van der Waals surface area contributed by atoms with Crippen LogP contribution in [0.25, 0.3) is 11.0 Å². The fraction of sp³-hybridized carbons (Fsp3) is 0.455. The quantitative estimate of drug-likeness (QED) is 0.584. The smallest absolute Gasteiger partial charge is 0.317 e. The van der Waals surface area contributed by atoms with Gasteiger partial charge >= 0.3 is 12.7 Å². The van der Waals surface area contributed by atoms with E-state index in [4.69, 9.17) is 4.74 Å². The van der Waals surface area contributed by atoms with Crippen molar-refractivity contribution in [2.24, 2.45) is 5.41 Å². The van der Waals surface area contributed by atoms with Crippen molar-refractivity contribution < 1.29 is 14.2 Å². The van der Waals surface area contributed by atoms with Crippen LogP contribution in [0.4, 0.5) is 0 Å². The molecular weight excluding hydrogens is 236 g/mol. The van der Waals surface area contributed by atoms with Crippen LogP contribution in [0.15, 0.2) is 17.3 Å². The molecule has 0 unspecified atom stereocenters. The van der Waals surface area contributed by atoms with Crippen LogP contribution in [0.2, 0.25) is 0 Å². The Morgan fingerprint density at radius 3 is 2.83 bits per heavy atom. The zero-order valence-corrected chi connectivity index (χ0v) is 10.5. The van der Waals surface area contributed by atoms with Crippen LogP contribution >= 0.6 is 0 Å². The highest BCUT2D eigenvalue weighted by Gasteiger charge is 2.24. The van der Waals surface area contributed by atoms with E-state index < -0.39 is 5.41 Å². The molecule has 0 bridgehead atoms. The molecular formula is C11H15N4O3+. The zero-order chi connectivity index (χ0) is 13.3. The summed E-state index contributed by atoms with van der Waals surface area (Å²) in [5, 5.41) is 3.27. The highest BCUT2D eigenvalue weighted by Crippen LogP contribution is 2.14. The number of hydrogen-bond donors (Lipinski definition) is 2. The third-order valence-corrected chi connectivity index (χ3v) is 2.37. The normalized spacial score (nSPS) is 11.7. The minimum Gasteiger partial charge on any atom is -0.402 e. The lowest BCUT2D eigenvalue weighted by molar-refractivity contribution is -0.775. The summed E-state index contributed by atoms with van der Waals surface area (Å²) in [6.07, 6.45) is 2.86. The number of hydrogen-bond acceptors (Lipinski definition) is 4. The molecule has 2 N–H and O–H groups in total. The van der Waals surface area contributed by atoms with Crippen molar-refractivity contribution >= 4 is 17.0 Å². The highest BCUT2D eigenvalue weighted by atomic mass is 16.5. The number of ether oxygens (including phenoxy) is 1. The summed E-state index contributed by atoms with van der Waals surface area (Å²) in [6, 6.07) is 0. The minimum absolute atomic E-state index is 0.0197. The molecule has 0 atom stereocenters. The number of carbonyl (C=O) groups is 1. The Bertz CT molecular complexity index is 636. The summed E-state index contributed by atoms with van der Waals surface area (Å²) in [7, 11) is 0. The summed E-state index contributed by atoms with van der Waals surface area (Å²) in [4.78, 5) is 29.5. The lowest BCUT2D eigenvalue weighted by Crippen LogP contribution is -2.39. The van der Waals surface area contributed by atoms with Crippen molar-refractivity contribution in [1.29, 1.82) is 0 Å². The van der Waals surface area contributed by atoms with E-state index >= 15 is 0 Å². The summed E-state index contributed by atoms with van der Waals surface area (Å²) < 4.78 is 6.61. The molecule has 0 aliphatic rings. The molecule has 0 spiro atoms. The second-order valence-electron chi connectivity index (χ2n) is 5.02. The topological polar surface area (TPSA) is 91.7 Å². The van der Waals surface area contributed by atoms with Crippen LogP contribution in [0.3, 0.4) is 0 Å². The molecule has 7 heteroatoms. The first kappa shape index (κ1) is 12.3. The van der Waals surface area contributed by atoms with Crippen molar-refractivity contribution in [3.8, 4) is 0 Å². The van der Waals surface area contributed by atoms with Gasteiger partial charge in [0.1, 0.15) is 0 Å². The summed E-state index contributed by atoms with van der Waals surface area (Å²) in [6.45, 7) is 5.35. The number of aromatic amines is 2. The van der Waals surface area contributed by atoms with Crippen LogP contribution in [0, 0.1) is 5.41 Å². The molecule has 0 aliphatic carbocycles. The lowest BCUT2D eigenvalue weighted by atomic mass is 9.98. The second kappa shape index (κ2) is 4.25. The molecule has 2 aromatic heterocycles. The fourth-order valence-electron chi connectivity index (χ4n) is 1.36. The number of H-pyrrole nitrogens is 2. The number of aromatic nitrogens is 4. The van der Waals surface area contributed by atoms with Crippen molar-refractivity contribution in [3.63, 3.8) is 0 Å². The van der Waals surface area contributed by atoms with E-state index in [-0.39, 0.29) is 18.3 Å². The number of rotatable bonds is 2. The average molecular weight is 251 g/mol. The number of nitrogens with one attached hydrogen (secondary N) is 2. The van der Waals surface area contributed by atoms with Crippen molar-refractivity contribution in [3.05, 3.63) is 22.9 Å². The molecule has 0 aromatic carbocycles. The average Bonchev–Trinajstić information content (AvgIpc) is 2.69. The van der Waals surface area contributed by atoms with Gasteiger partial charge in [-0.25, -0.2) is 4.98 Å². The first-order valence-corrected chi connectivity index (χ1v) is 5.51. The molecule has 2 aromatic rings. The van der Waals surface area contributed by atoms with E-state index in [1.54, 1.807) is 27.0 Å². The van der Waals surface area contributed by atoms with Gasteiger partial charge in [0.2, 0.25) is 11.8 Å². The number of nitrogens with zero attached hydrogens (tertiary/aromatic N) is 2. The Balaban J connectivity index is 2.16. The van der Waals surface area contributed by atoms with Gasteiger partial charge in [0, 0.05) is 0 Å². The van der Waals surface area contributed by atoms with Gasteiger partial charge in [0.25, 0.3) is 5.56 Å². The molecule has 0 radical (unpaired) electrons. The lowest BCUT2D eigenvalue weighted by Gasteiger charge is -2.14. The molecule has 0 amide bonds. The number of fused-ring (bicyclic) bond motifs is 1. The van der Waals surface area contributed by atoms with Gasteiger partial charge in [-0.05, 0) is 20.8 Å². The SMILES string of the molecule is CC(C)(C)C(=O)OC[n+]1cc2c(=O)[nH]cnc2[nH]1. The van der Waals surface area contributed by atoms with Crippen molar-refractivity contribution in [1.82, 2.24) is 15.1 Å². The molecule has 96 valence electrons. The maximum absolute atomic E-state index is 11.6. The predicted molar refractivity (Wildman–Crippen MR) is 62.5 cm³/mol. The fourth-order valence-corrected chi connectivity index (χ4v) is 1.36. The van der Waals surface area contributed by atoms with Gasteiger partial charge in [-0.1, -0.05) is 4.68 Å². The molecule has 2 heterocycles. The molecule has 2 rings (SSSR count). The third-order valence-electron chi connectivity index (χ3n) is 2.37. The third kappa shape index (κ3) is 2.39.